The van der Waals surface area contributed by atoms with E-state index in [1.165, 1.54) is 6.07 Å². The number of benzene rings is 2. The Bertz CT molecular complexity index is 1050. The van der Waals surface area contributed by atoms with E-state index in [1.54, 1.807) is 48.2 Å². The average molecular weight is 417 g/mol. The highest BCUT2D eigenvalue weighted by Crippen LogP contribution is 2.26. The summed E-state index contributed by atoms with van der Waals surface area (Å²) in [5, 5.41) is 0. The van der Waals surface area contributed by atoms with E-state index in [2.05, 4.69) is 4.99 Å². The van der Waals surface area contributed by atoms with Crippen LogP contribution in [0.4, 0.5) is 4.39 Å². The van der Waals surface area contributed by atoms with Crippen molar-refractivity contribution in [1.82, 2.24) is 4.90 Å². The molecule has 0 aromatic heterocycles. The molecule has 0 bridgehead atoms. The van der Waals surface area contributed by atoms with Crippen LogP contribution in [0.15, 0.2) is 52.4 Å². The minimum Gasteiger partial charge on any atom is -0.335 e. The number of rotatable bonds is 5. The number of nitrogens with zero attached hydrogens (tertiary/aromatic N) is 2. The van der Waals surface area contributed by atoms with Crippen molar-refractivity contribution in [3.05, 3.63) is 65.0 Å². The Kier molecular flexibility index (Phi) is 6.17. The molecule has 1 heterocycles. The first-order valence-electron chi connectivity index (χ1n) is 9.49. The molecule has 0 N–H and O–H groups in total. The third kappa shape index (κ3) is 5.09. The molecule has 7 heteroatoms. The fourth-order valence-corrected chi connectivity index (χ4v) is 4.09. The van der Waals surface area contributed by atoms with Crippen molar-refractivity contribution < 1.29 is 17.6 Å². The maximum atomic E-state index is 14.2. The summed E-state index contributed by atoms with van der Waals surface area (Å²) in [6, 6.07) is 11.4. The van der Waals surface area contributed by atoms with Crippen LogP contribution in [0.1, 0.15) is 29.5 Å². The normalized spacial score (nSPS) is 15.7. The monoisotopic (exact) mass is 416 g/mol. The molecule has 0 saturated carbocycles. The first kappa shape index (κ1) is 21.2. The van der Waals surface area contributed by atoms with Gasteiger partial charge in [-0.3, -0.25) is 9.79 Å². The fraction of sp³-hybridized carbons (Fsp3) is 0.364. The van der Waals surface area contributed by atoms with Gasteiger partial charge < -0.3 is 4.90 Å². The second-order valence-corrected chi connectivity index (χ2v) is 9.57. The summed E-state index contributed by atoms with van der Waals surface area (Å²) in [7, 11) is -3.29. The summed E-state index contributed by atoms with van der Waals surface area (Å²) in [6.45, 7) is 5.15. The van der Waals surface area contributed by atoms with Gasteiger partial charge in [0.15, 0.2) is 9.84 Å². The summed E-state index contributed by atoms with van der Waals surface area (Å²) in [4.78, 5) is 19.7. The molecular formula is C22H25FN2O3S. The van der Waals surface area contributed by atoms with E-state index in [-0.39, 0.29) is 16.6 Å². The van der Waals surface area contributed by atoms with Gasteiger partial charge in [-0.1, -0.05) is 24.3 Å². The highest BCUT2D eigenvalue weighted by Gasteiger charge is 2.28. The Morgan fingerprint density at radius 2 is 1.86 bits per heavy atom. The summed E-state index contributed by atoms with van der Waals surface area (Å²) in [6.07, 6.45) is 1.52. The van der Waals surface area contributed by atoms with Gasteiger partial charge in [-0.25, -0.2) is 12.8 Å². The van der Waals surface area contributed by atoms with Gasteiger partial charge in [0, 0.05) is 18.5 Å². The molecule has 1 aliphatic heterocycles. The average Bonchev–Trinajstić information content (AvgIpc) is 2.67. The van der Waals surface area contributed by atoms with Gasteiger partial charge in [0.05, 0.1) is 23.9 Å². The maximum absolute atomic E-state index is 14.2. The Balaban J connectivity index is 1.93. The maximum Gasteiger partial charge on any atom is 0.230 e. The summed E-state index contributed by atoms with van der Waals surface area (Å²) in [5.41, 5.74) is 2.86. The van der Waals surface area contributed by atoms with Crippen molar-refractivity contribution in [2.45, 2.75) is 31.1 Å². The molecule has 1 aliphatic rings. The number of sulfone groups is 1. The Morgan fingerprint density at radius 1 is 1.17 bits per heavy atom. The smallest absolute Gasteiger partial charge is 0.230 e. The van der Waals surface area contributed by atoms with Gasteiger partial charge in [0.1, 0.15) is 5.82 Å². The Labute approximate surface area is 171 Å². The molecule has 0 saturated heterocycles. The zero-order valence-electron chi connectivity index (χ0n) is 16.9. The number of carbonyl (C=O) groups excluding carboxylic acids is 1. The minimum atomic E-state index is -3.29. The molecular weight excluding hydrogens is 391 g/mol. The number of hydrogen-bond acceptors (Lipinski definition) is 4. The highest BCUT2D eigenvalue weighted by molar-refractivity contribution is 7.90. The van der Waals surface area contributed by atoms with Crippen LogP contribution in [0.3, 0.4) is 0 Å². The van der Waals surface area contributed by atoms with Gasteiger partial charge in [-0.15, -0.1) is 0 Å². The lowest BCUT2D eigenvalue weighted by atomic mass is 9.89. The quantitative estimate of drug-likeness (QED) is 0.752. The zero-order valence-corrected chi connectivity index (χ0v) is 17.7. The second-order valence-electron chi connectivity index (χ2n) is 7.56. The van der Waals surface area contributed by atoms with Crippen molar-refractivity contribution in [2.24, 2.45) is 4.99 Å². The lowest BCUT2D eigenvalue weighted by Crippen LogP contribution is -2.43. The van der Waals surface area contributed by atoms with Crippen LogP contribution in [0.25, 0.3) is 0 Å². The van der Waals surface area contributed by atoms with Gasteiger partial charge in [-0.05, 0) is 55.2 Å². The molecule has 0 spiro atoms. The molecule has 5 nitrogen and oxygen atoms in total. The molecule has 1 amide bonds. The highest BCUT2D eigenvalue weighted by atomic mass is 32.2. The summed E-state index contributed by atoms with van der Waals surface area (Å²) >= 11 is 0. The molecule has 0 unspecified atom stereocenters. The lowest BCUT2D eigenvalue weighted by Gasteiger charge is -2.30. The number of aliphatic imine (C=N–C) groups is 1. The van der Waals surface area contributed by atoms with E-state index in [0.29, 0.717) is 37.2 Å². The Hall–Kier alpha value is -2.54. The SMILES string of the molecule is CC1=NCCN(C(=O)[C@@H](Cc2ccc(S(C)(=O)=O)cc2)c2ccc(C)c(F)c2)C1. The number of halogens is 1. The van der Waals surface area contributed by atoms with E-state index in [9.17, 15) is 17.6 Å². The van der Waals surface area contributed by atoms with Crippen LogP contribution in [-0.4, -0.2) is 50.8 Å². The molecule has 0 fully saturated rings. The Morgan fingerprint density at radius 3 is 2.45 bits per heavy atom. The van der Waals surface area contributed by atoms with Crippen molar-refractivity contribution in [2.75, 3.05) is 25.9 Å². The number of amides is 1. The number of carbonyl (C=O) groups is 1. The molecule has 154 valence electrons. The lowest BCUT2D eigenvalue weighted by molar-refractivity contribution is -0.132. The summed E-state index contributed by atoms with van der Waals surface area (Å²) < 4.78 is 37.6. The van der Waals surface area contributed by atoms with Crippen molar-refractivity contribution in [3.8, 4) is 0 Å². The van der Waals surface area contributed by atoms with Crippen LogP contribution in [-0.2, 0) is 21.1 Å². The first-order chi connectivity index (χ1) is 13.6. The molecule has 29 heavy (non-hydrogen) atoms. The van der Waals surface area contributed by atoms with Crippen molar-refractivity contribution in [3.63, 3.8) is 0 Å². The number of hydrogen-bond donors (Lipinski definition) is 0. The van der Waals surface area contributed by atoms with Crippen molar-refractivity contribution in [1.29, 1.82) is 0 Å². The zero-order chi connectivity index (χ0) is 21.2. The summed E-state index contributed by atoms with van der Waals surface area (Å²) in [5.74, 6) is -0.973. The van der Waals surface area contributed by atoms with E-state index in [0.717, 1.165) is 17.5 Å². The minimum absolute atomic E-state index is 0.0744. The topological polar surface area (TPSA) is 66.8 Å². The molecule has 0 radical (unpaired) electrons. The number of aryl methyl sites for hydroxylation is 1. The van der Waals surface area contributed by atoms with E-state index < -0.39 is 15.8 Å². The molecule has 1 atom stereocenters. The third-order valence-corrected chi connectivity index (χ3v) is 6.30. The van der Waals surface area contributed by atoms with Gasteiger partial charge in [-0.2, -0.15) is 0 Å². The van der Waals surface area contributed by atoms with Gasteiger partial charge in [0.25, 0.3) is 0 Å². The van der Waals surface area contributed by atoms with E-state index in [4.69, 9.17) is 0 Å². The first-order valence-corrected chi connectivity index (χ1v) is 11.4. The van der Waals surface area contributed by atoms with Crippen LogP contribution >= 0.6 is 0 Å². The van der Waals surface area contributed by atoms with Crippen LogP contribution in [0, 0.1) is 12.7 Å². The van der Waals surface area contributed by atoms with Gasteiger partial charge in [0.2, 0.25) is 5.91 Å². The standard InChI is InChI=1S/C22H25FN2O3S/c1-15-4-7-18(13-21(15)23)20(22(26)25-11-10-24-16(2)14-25)12-17-5-8-19(9-6-17)29(3,27)28/h4-9,13,20H,10-12,14H2,1-3H3/t20-/m0/s1. The largest absolute Gasteiger partial charge is 0.335 e. The molecule has 2 aromatic rings. The third-order valence-electron chi connectivity index (χ3n) is 5.17. The van der Waals surface area contributed by atoms with E-state index >= 15 is 0 Å². The van der Waals surface area contributed by atoms with Crippen LogP contribution in [0.2, 0.25) is 0 Å². The van der Waals surface area contributed by atoms with Gasteiger partial charge >= 0.3 is 0 Å². The molecule has 3 rings (SSSR count). The molecule has 2 aromatic carbocycles. The van der Waals surface area contributed by atoms with Crippen LogP contribution < -0.4 is 0 Å². The van der Waals surface area contributed by atoms with Crippen molar-refractivity contribution >= 4 is 21.5 Å². The predicted octanol–water partition coefficient (Wildman–Crippen LogP) is 3.17. The molecule has 0 aliphatic carbocycles. The van der Waals surface area contributed by atoms with Crippen LogP contribution in [0.5, 0.6) is 0 Å². The fourth-order valence-electron chi connectivity index (χ4n) is 3.46. The second kappa shape index (κ2) is 8.45. The van der Waals surface area contributed by atoms with E-state index in [1.807, 2.05) is 6.92 Å². The predicted molar refractivity (Wildman–Crippen MR) is 112 cm³/mol.